The minimum atomic E-state index is -0.460. The van der Waals surface area contributed by atoms with E-state index in [9.17, 15) is 9.90 Å². The van der Waals surface area contributed by atoms with Crippen LogP contribution in [0.5, 0.6) is 23.0 Å². The fourth-order valence-corrected chi connectivity index (χ4v) is 2.76. The average molecular weight is 383 g/mol. The van der Waals surface area contributed by atoms with E-state index in [1.165, 1.54) is 45.6 Å². The summed E-state index contributed by atoms with van der Waals surface area (Å²) in [6, 6.07) is 6.12. The molecule has 0 aliphatic rings. The van der Waals surface area contributed by atoms with Gasteiger partial charge in [0, 0.05) is 10.6 Å². The number of hydrogen-bond acceptors (Lipinski definition) is 5. The van der Waals surface area contributed by atoms with Crippen molar-refractivity contribution in [3.05, 3.63) is 51.5 Å². The first-order chi connectivity index (χ1) is 11.9. The van der Waals surface area contributed by atoms with Crippen LogP contribution < -0.4 is 14.2 Å². The number of rotatable bonds is 6. The van der Waals surface area contributed by atoms with Gasteiger partial charge in [-0.05, 0) is 36.4 Å². The number of aromatic hydroxyl groups is 1. The number of methoxy groups -OCH3 is 3. The molecule has 0 fully saturated rings. The summed E-state index contributed by atoms with van der Waals surface area (Å²) in [7, 11) is 4.49. The van der Waals surface area contributed by atoms with E-state index >= 15 is 0 Å². The molecule has 0 atom stereocenters. The lowest BCUT2D eigenvalue weighted by atomic mass is 10.1. The maximum Gasteiger partial charge on any atom is 0.203 e. The smallest absolute Gasteiger partial charge is 0.203 e. The van der Waals surface area contributed by atoms with Gasteiger partial charge in [-0.15, -0.1) is 0 Å². The molecule has 2 aromatic rings. The van der Waals surface area contributed by atoms with Gasteiger partial charge in [-0.25, -0.2) is 0 Å². The molecule has 0 aromatic heterocycles. The minimum absolute atomic E-state index is 0.00736. The first-order valence-electron chi connectivity index (χ1n) is 7.12. The van der Waals surface area contributed by atoms with Crippen molar-refractivity contribution < 1.29 is 24.1 Å². The summed E-state index contributed by atoms with van der Waals surface area (Å²) in [6.45, 7) is 0. The predicted octanol–water partition coefficient (Wildman–Crippen LogP) is 4.62. The lowest BCUT2D eigenvalue weighted by molar-refractivity contribution is 0.104. The fraction of sp³-hybridized carbons (Fsp3) is 0.167. The summed E-state index contributed by atoms with van der Waals surface area (Å²) >= 11 is 11.7. The molecule has 0 bridgehead atoms. The van der Waals surface area contributed by atoms with Crippen LogP contribution in [-0.4, -0.2) is 32.2 Å². The van der Waals surface area contributed by atoms with Crippen LogP contribution in [0.2, 0.25) is 10.0 Å². The average Bonchev–Trinajstić information content (AvgIpc) is 2.61. The van der Waals surface area contributed by atoms with Crippen LogP contribution in [0.3, 0.4) is 0 Å². The van der Waals surface area contributed by atoms with E-state index in [1.54, 1.807) is 12.1 Å². The monoisotopic (exact) mass is 382 g/mol. The molecule has 2 aromatic carbocycles. The number of carbonyl (C=O) groups is 1. The van der Waals surface area contributed by atoms with E-state index in [0.29, 0.717) is 22.8 Å². The van der Waals surface area contributed by atoms with E-state index < -0.39 is 5.78 Å². The molecular weight excluding hydrogens is 367 g/mol. The molecule has 0 heterocycles. The van der Waals surface area contributed by atoms with Crippen molar-refractivity contribution in [2.24, 2.45) is 0 Å². The summed E-state index contributed by atoms with van der Waals surface area (Å²) < 4.78 is 15.9. The molecule has 0 saturated carbocycles. The third-order valence-electron chi connectivity index (χ3n) is 3.44. The molecule has 0 aliphatic heterocycles. The predicted molar refractivity (Wildman–Crippen MR) is 97.6 cm³/mol. The number of ether oxygens (including phenoxy) is 3. The first kappa shape index (κ1) is 19.0. The Morgan fingerprint density at radius 1 is 1.04 bits per heavy atom. The summed E-state index contributed by atoms with van der Waals surface area (Å²) in [5.41, 5.74) is 0.606. The Bertz CT molecular complexity index is 831. The topological polar surface area (TPSA) is 65.0 Å². The van der Waals surface area contributed by atoms with Crippen molar-refractivity contribution in [3.63, 3.8) is 0 Å². The van der Waals surface area contributed by atoms with Gasteiger partial charge in [0.05, 0.1) is 31.9 Å². The third-order valence-corrected chi connectivity index (χ3v) is 3.95. The van der Waals surface area contributed by atoms with Crippen LogP contribution >= 0.6 is 23.2 Å². The van der Waals surface area contributed by atoms with Crippen LogP contribution in [0.1, 0.15) is 15.9 Å². The fourth-order valence-electron chi connectivity index (χ4n) is 2.26. The van der Waals surface area contributed by atoms with E-state index in [0.717, 1.165) is 0 Å². The highest BCUT2D eigenvalue weighted by Crippen LogP contribution is 2.40. The van der Waals surface area contributed by atoms with Crippen LogP contribution in [0.25, 0.3) is 6.08 Å². The summed E-state index contributed by atoms with van der Waals surface area (Å²) in [5, 5.41) is 10.2. The zero-order valence-electron chi connectivity index (χ0n) is 13.8. The lowest BCUT2D eigenvalue weighted by Crippen LogP contribution is -1.98. The molecule has 7 heteroatoms. The van der Waals surface area contributed by atoms with E-state index in [2.05, 4.69) is 0 Å². The zero-order valence-corrected chi connectivity index (χ0v) is 15.3. The largest absolute Gasteiger partial charge is 0.506 e. The van der Waals surface area contributed by atoms with Gasteiger partial charge in [-0.3, -0.25) is 4.79 Å². The Hall–Kier alpha value is -2.37. The van der Waals surface area contributed by atoms with Crippen LogP contribution in [0.15, 0.2) is 30.3 Å². The van der Waals surface area contributed by atoms with Crippen molar-refractivity contribution in [3.8, 4) is 23.0 Å². The van der Waals surface area contributed by atoms with Crippen molar-refractivity contribution in [1.82, 2.24) is 0 Å². The summed E-state index contributed by atoms with van der Waals surface area (Å²) in [5.74, 6) is 0.549. The van der Waals surface area contributed by atoms with Crippen LogP contribution in [-0.2, 0) is 0 Å². The molecule has 0 amide bonds. The molecule has 25 heavy (non-hydrogen) atoms. The molecular formula is C18H16Cl2O5. The van der Waals surface area contributed by atoms with E-state index in [4.69, 9.17) is 37.4 Å². The molecule has 1 N–H and O–H groups in total. The molecule has 0 spiro atoms. The summed E-state index contributed by atoms with van der Waals surface area (Å²) in [6.07, 6.45) is 2.82. The molecule has 0 unspecified atom stereocenters. The number of benzene rings is 2. The molecule has 132 valence electrons. The van der Waals surface area contributed by atoms with Gasteiger partial charge < -0.3 is 19.3 Å². The van der Waals surface area contributed by atoms with Gasteiger partial charge in [-0.2, -0.15) is 0 Å². The number of carbonyl (C=O) groups excluding carboxylic acids is 1. The van der Waals surface area contributed by atoms with E-state index in [-0.39, 0.29) is 21.4 Å². The Labute approximate surface area is 155 Å². The number of phenols is 1. The lowest BCUT2D eigenvalue weighted by Gasteiger charge is -2.14. The van der Waals surface area contributed by atoms with Gasteiger partial charge in [0.15, 0.2) is 17.3 Å². The Morgan fingerprint density at radius 2 is 1.72 bits per heavy atom. The normalized spacial score (nSPS) is 10.8. The molecule has 0 aliphatic carbocycles. The van der Waals surface area contributed by atoms with Crippen molar-refractivity contribution in [2.45, 2.75) is 0 Å². The molecule has 2 rings (SSSR count). The third kappa shape index (κ3) is 4.00. The van der Waals surface area contributed by atoms with E-state index in [1.807, 2.05) is 0 Å². The molecule has 5 nitrogen and oxygen atoms in total. The van der Waals surface area contributed by atoms with Gasteiger partial charge in [0.1, 0.15) is 5.75 Å². The standard InChI is InChI=1S/C18H16Cl2O5/c1-23-15-7-5-10(17(24-2)18(15)25-3)4-6-14(21)12-8-11(19)9-13(20)16(12)22/h4-9,22H,1-3H3/b6-4+. The Morgan fingerprint density at radius 3 is 2.32 bits per heavy atom. The second-order valence-electron chi connectivity index (χ2n) is 4.90. The highest BCUT2D eigenvalue weighted by molar-refractivity contribution is 6.36. The number of allylic oxidation sites excluding steroid dienone is 1. The number of halogens is 2. The SMILES string of the molecule is COc1ccc(/C=C/C(=O)c2cc(Cl)cc(Cl)c2O)c(OC)c1OC. The van der Waals surface area contributed by atoms with Gasteiger partial charge in [-0.1, -0.05) is 23.2 Å². The van der Waals surface area contributed by atoms with Crippen LogP contribution in [0.4, 0.5) is 0 Å². The minimum Gasteiger partial charge on any atom is -0.506 e. The second kappa shape index (κ2) is 8.14. The highest BCUT2D eigenvalue weighted by atomic mass is 35.5. The number of hydrogen-bond donors (Lipinski definition) is 1. The highest BCUT2D eigenvalue weighted by Gasteiger charge is 2.16. The Kier molecular flexibility index (Phi) is 6.17. The van der Waals surface area contributed by atoms with Crippen molar-refractivity contribution >= 4 is 35.1 Å². The van der Waals surface area contributed by atoms with Gasteiger partial charge >= 0.3 is 0 Å². The number of ketones is 1. The van der Waals surface area contributed by atoms with Crippen molar-refractivity contribution in [1.29, 1.82) is 0 Å². The summed E-state index contributed by atoms with van der Waals surface area (Å²) in [4.78, 5) is 12.4. The second-order valence-corrected chi connectivity index (χ2v) is 5.75. The number of phenolic OH excluding ortho intramolecular Hbond substituents is 1. The first-order valence-corrected chi connectivity index (χ1v) is 7.87. The molecule has 0 radical (unpaired) electrons. The maximum atomic E-state index is 12.4. The quantitative estimate of drug-likeness (QED) is 0.583. The molecule has 0 saturated heterocycles. The van der Waals surface area contributed by atoms with Gasteiger partial charge in [0.2, 0.25) is 5.75 Å². The zero-order chi connectivity index (χ0) is 18.6. The van der Waals surface area contributed by atoms with Crippen molar-refractivity contribution in [2.75, 3.05) is 21.3 Å². The van der Waals surface area contributed by atoms with Crippen LogP contribution in [0, 0.1) is 0 Å². The maximum absolute atomic E-state index is 12.4. The Balaban J connectivity index is 2.41. The van der Waals surface area contributed by atoms with Gasteiger partial charge in [0.25, 0.3) is 0 Å².